The molecule has 0 bridgehead atoms. The van der Waals surface area contributed by atoms with Crippen LogP contribution in [-0.2, 0) is 11.3 Å². The van der Waals surface area contributed by atoms with Gasteiger partial charge in [-0.2, -0.15) is 4.98 Å². The fraction of sp³-hybridized carbons (Fsp3) is 0.348. The highest BCUT2D eigenvalue weighted by Gasteiger charge is 2.26. The lowest BCUT2D eigenvalue weighted by Crippen LogP contribution is -2.24. The molecule has 4 rings (SSSR count). The zero-order valence-electron chi connectivity index (χ0n) is 18.0. The molecule has 3 aromatic rings. The van der Waals surface area contributed by atoms with Crippen LogP contribution in [0.25, 0.3) is 5.82 Å². The van der Waals surface area contributed by atoms with Crippen molar-refractivity contribution in [3.05, 3.63) is 65.1 Å². The molecule has 162 valence electrons. The minimum atomic E-state index is -1.21. The summed E-state index contributed by atoms with van der Waals surface area (Å²) in [6.07, 6.45) is 5.15. The number of nitrogens with one attached hydrogen (secondary N) is 1. The lowest BCUT2D eigenvalue weighted by molar-refractivity contribution is 0.0548. The zero-order valence-corrected chi connectivity index (χ0v) is 18.0. The number of aryl methyl sites for hydroxylation is 3. The topological polar surface area (TPSA) is 92.5 Å². The number of rotatable bonds is 6. The first-order valence-electron chi connectivity index (χ1n) is 10.3. The van der Waals surface area contributed by atoms with E-state index in [4.69, 9.17) is 9.84 Å². The van der Waals surface area contributed by atoms with E-state index in [0.29, 0.717) is 12.5 Å². The van der Waals surface area contributed by atoms with Crippen molar-refractivity contribution < 1.29 is 14.6 Å². The largest absolute Gasteiger partial charge is 0.506 e. The number of anilines is 2. The molecule has 1 atom stereocenters. The van der Waals surface area contributed by atoms with Crippen LogP contribution in [0.3, 0.4) is 0 Å². The first-order chi connectivity index (χ1) is 14.9. The van der Waals surface area contributed by atoms with Crippen molar-refractivity contribution in [3.8, 4) is 5.82 Å². The van der Waals surface area contributed by atoms with E-state index >= 15 is 0 Å². The molecule has 0 unspecified atom stereocenters. The summed E-state index contributed by atoms with van der Waals surface area (Å²) in [6, 6.07) is 8.14. The molecular formula is C23H27N5O3. The predicted molar refractivity (Wildman–Crippen MR) is 118 cm³/mol. The van der Waals surface area contributed by atoms with E-state index in [1.54, 1.807) is 6.20 Å². The number of benzene rings is 1. The van der Waals surface area contributed by atoms with Gasteiger partial charge in [-0.3, -0.25) is 4.90 Å². The van der Waals surface area contributed by atoms with Crippen molar-refractivity contribution in [2.75, 3.05) is 18.4 Å². The highest BCUT2D eigenvalue weighted by atomic mass is 16.7. The normalized spacial score (nSPS) is 16.4. The fourth-order valence-corrected chi connectivity index (χ4v) is 4.05. The molecule has 0 saturated carbocycles. The van der Waals surface area contributed by atoms with E-state index in [9.17, 15) is 4.79 Å². The van der Waals surface area contributed by atoms with E-state index in [-0.39, 0.29) is 6.10 Å². The Labute approximate surface area is 181 Å². The minimum Gasteiger partial charge on any atom is -0.450 e. The summed E-state index contributed by atoms with van der Waals surface area (Å²) in [7, 11) is 0. The van der Waals surface area contributed by atoms with Gasteiger partial charge in [-0.05, 0) is 67.6 Å². The summed E-state index contributed by atoms with van der Waals surface area (Å²) in [5, 5.41) is 12.1. The summed E-state index contributed by atoms with van der Waals surface area (Å²) in [5.41, 5.74) is 5.67. The molecule has 2 N–H and O–H groups in total. The van der Waals surface area contributed by atoms with Crippen LogP contribution in [0.15, 0.2) is 42.9 Å². The smallest absolute Gasteiger partial charge is 0.450 e. The first kappa shape index (κ1) is 20.9. The Morgan fingerprint density at radius 2 is 2.00 bits per heavy atom. The maximum atomic E-state index is 10.7. The fourth-order valence-electron chi connectivity index (χ4n) is 4.05. The van der Waals surface area contributed by atoms with Crippen molar-refractivity contribution >= 4 is 17.8 Å². The van der Waals surface area contributed by atoms with Crippen LogP contribution in [0.2, 0.25) is 0 Å². The van der Waals surface area contributed by atoms with Gasteiger partial charge in [0.1, 0.15) is 11.9 Å². The molecule has 1 aromatic carbocycles. The molecule has 1 aliphatic heterocycles. The quantitative estimate of drug-likeness (QED) is 0.576. The predicted octanol–water partition coefficient (Wildman–Crippen LogP) is 4.21. The van der Waals surface area contributed by atoms with Gasteiger partial charge in [-0.15, -0.1) is 0 Å². The molecular weight excluding hydrogens is 394 g/mol. The molecule has 1 fully saturated rings. The Morgan fingerprint density at radius 3 is 2.74 bits per heavy atom. The van der Waals surface area contributed by atoms with E-state index in [0.717, 1.165) is 36.6 Å². The van der Waals surface area contributed by atoms with Crippen LogP contribution in [0.5, 0.6) is 0 Å². The molecule has 2 aromatic heterocycles. The zero-order chi connectivity index (χ0) is 22.0. The summed E-state index contributed by atoms with van der Waals surface area (Å²) >= 11 is 0. The first-order valence-corrected chi connectivity index (χ1v) is 10.3. The number of carboxylic acid groups (broad SMARTS) is 1. The summed E-state index contributed by atoms with van der Waals surface area (Å²) < 4.78 is 6.91. The van der Waals surface area contributed by atoms with E-state index in [1.165, 1.54) is 16.7 Å². The second-order valence-corrected chi connectivity index (χ2v) is 8.14. The average Bonchev–Trinajstić information content (AvgIpc) is 3.27. The minimum absolute atomic E-state index is 0.249. The van der Waals surface area contributed by atoms with Crippen LogP contribution < -0.4 is 5.32 Å². The Bertz CT molecular complexity index is 1070. The number of hydrogen-bond acceptors (Lipinski definition) is 6. The number of ether oxygens (including phenoxy) is 1. The maximum absolute atomic E-state index is 10.7. The summed E-state index contributed by atoms with van der Waals surface area (Å²) in [6.45, 7) is 8.39. The number of hydrogen-bond donors (Lipinski definition) is 2. The third-order valence-electron chi connectivity index (χ3n) is 5.41. The van der Waals surface area contributed by atoms with Crippen molar-refractivity contribution in [1.82, 2.24) is 19.4 Å². The van der Waals surface area contributed by atoms with Gasteiger partial charge in [0.2, 0.25) is 5.95 Å². The molecule has 31 heavy (non-hydrogen) atoms. The van der Waals surface area contributed by atoms with Gasteiger partial charge in [0.05, 0.1) is 0 Å². The van der Waals surface area contributed by atoms with Crippen LogP contribution in [0.4, 0.5) is 16.4 Å². The van der Waals surface area contributed by atoms with Crippen LogP contribution in [0.1, 0.15) is 28.7 Å². The van der Waals surface area contributed by atoms with Crippen molar-refractivity contribution in [1.29, 1.82) is 0 Å². The molecule has 0 radical (unpaired) electrons. The molecule has 0 amide bonds. The molecule has 0 spiro atoms. The monoisotopic (exact) mass is 421 g/mol. The van der Waals surface area contributed by atoms with Gasteiger partial charge in [0.25, 0.3) is 0 Å². The van der Waals surface area contributed by atoms with Gasteiger partial charge >= 0.3 is 6.16 Å². The van der Waals surface area contributed by atoms with Crippen LogP contribution in [-0.4, -0.2) is 49.9 Å². The number of nitrogens with zero attached hydrogens (tertiary/aromatic N) is 4. The molecule has 0 aliphatic carbocycles. The Kier molecular flexibility index (Phi) is 5.90. The van der Waals surface area contributed by atoms with Crippen LogP contribution in [0, 0.1) is 20.8 Å². The van der Waals surface area contributed by atoms with Gasteiger partial charge in [0, 0.05) is 43.9 Å². The molecule has 8 heteroatoms. The number of likely N-dealkylation sites (tertiary alicyclic amines) is 1. The third-order valence-corrected chi connectivity index (χ3v) is 5.41. The second-order valence-electron chi connectivity index (χ2n) is 8.14. The Hall–Kier alpha value is -3.39. The third kappa shape index (κ3) is 5.21. The van der Waals surface area contributed by atoms with Gasteiger partial charge < -0.3 is 19.7 Å². The summed E-state index contributed by atoms with van der Waals surface area (Å²) in [5.74, 6) is 1.33. The van der Waals surface area contributed by atoms with Crippen LogP contribution >= 0.6 is 0 Å². The maximum Gasteiger partial charge on any atom is 0.506 e. The number of aromatic nitrogens is 3. The van der Waals surface area contributed by atoms with Gasteiger partial charge in [0.15, 0.2) is 0 Å². The Balaban J connectivity index is 1.47. The van der Waals surface area contributed by atoms with Gasteiger partial charge in [-0.25, -0.2) is 9.78 Å². The Morgan fingerprint density at radius 1 is 1.23 bits per heavy atom. The summed E-state index contributed by atoms with van der Waals surface area (Å²) in [4.78, 5) is 22.0. The highest BCUT2D eigenvalue weighted by molar-refractivity contribution is 5.57. The molecule has 8 nitrogen and oxygen atoms in total. The SMILES string of the molecule is Cc1cc(C)cc(Nc2nccc(-n3cc(C)c(CN4CC[C@H](OC(=O)O)C4)c3)n2)c1. The molecule has 3 heterocycles. The molecule has 1 aliphatic rings. The van der Waals surface area contributed by atoms with Crippen molar-refractivity contribution in [3.63, 3.8) is 0 Å². The average molecular weight is 422 g/mol. The lowest BCUT2D eigenvalue weighted by atomic mass is 10.1. The van der Waals surface area contributed by atoms with Crippen molar-refractivity contribution in [2.45, 2.75) is 39.8 Å². The van der Waals surface area contributed by atoms with Crippen molar-refractivity contribution in [2.24, 2.45) is 0 Å². The standard InChI is InChI=1S/C23H27N5O3/c1-15-8-16(2)10-19(9-15)25-22-24-6-4-21(26-22)28-11-17(3)18(13-28)12-27-7-5-20(14-27)31-23(29)30/h4,6,8-11,13,20H,5,7,12,14H2,1-3H3,(H,29,30)(H,24,25,26)/t20-/m0/s1. The van der Waals surface area contributed by atoms with Gasteiger partial charge in [-0.1, -0.05) is 6.07 Å². The number of carbonyl (C=O) groups is 1. The van der Waals surface area contributed by atoms with E-state index in [1.807, 2.05) is 10.6 Å². The van der Waals surface area contributed by atoms with E-state index in [2.05, 4.69) is 71.5 Å². The second kappa shape index (κ2) is 8.77. The highest BCUT2D eigenvalue weighted by Crippen LogP contribution is 2.22. The molecule has 1 saturated heterocycles. The van der Waals surface area contributed by atoms with E-state index < -0.39 is 6.16 Å². The lowest BCUT2D eigenvalue weighted by Gasteiger charge is -2.15.